The van der Waals surface area contributed by atoms with Gasteiger partial charge in [0.2, 0.25) is 5.95 Å². The molecule has 0 spiro atoms. The Bertz CT molecular complexity index is 1430. The second-order valence-electron chi connectivity index (χ2n) is 9.34. The van der Waals surface area contributed by atoms with Crippen molar-refractivity contribution in [2.24, 2.45) is 5.73 Å². The third-order valence-electron chi connectivity index (χ3n) is 6.51. The van der Waals surface area contributed by atoms with Crippen LogP contribution in [0.1, 0.15) is 13.8 Å². The minimum absolute atomic E-state index is 0.0744. The molecule has 0 saturated carbocycles. The molecule has 1 aromatic heterocycles. The topological polar surface area (TPSA) is 170 Å². The number of nitrogens with one attached hydrogen (secondary N) is 2. The molecular formula is C26H31ClN8O6. The molecule has 1 fully saturated rings. The number of nitro groups is 1. The lowest BCUT2D eigenvalue weighted by atomic mass is 10.1. The molecule has 3 aromatic rings. The predicted molar refractivity (Wildman–Crippen MR) is 155 cm³/mol. The lowest BCUT2D eigenvalue weighted by Crippen LogP contribution is -2.49. The Hall–Kier alpha value is -4.56. The third kappa shape index (κ3) is 6.96. The molecular weight excluding hydrogens is 556 g/mol. The van der Waals surface area contributed by atoms with Gasteiger partial charge in [0.15, 0.2) is 5.82 Å². The number of halogens is 1. The maximum atomic E-state index is 12.1. The average Bonchev–Trinajstić information content (AvgIpc) is 2.94. The van der Waals surface area contributed by atoms with Gasteiger partial charge in [0, 0.05) is 50.4 Å². The molecule has 1 amide bonds. The van der Waals surface area contributed by atoms with Crippen LogP contribution in [0.25, 0.3) is 0 Å². The van der Waals surface area contributed by atoms with Crippen LogP contribution in [-0.2, 0) is 0 Å². The first-order valence-electron chi connectivity index (χ1n) is 12.7. The second-order valence-corrected chi connectivity index (χ2v) is 9.75. The Morgan fingerprint density at radius 3 is 2.37 bits per heavy atom. The van der Waals surface area contributed by atoms with Crippen LogP contribution < -0.4 is 35.5 Å². The van der Waals surface area contributed by atoms with Gasteiger partial charge in [0.1, 0.15) is 28.0 Å². The van der Waals surface area contributed by atoms with Crippen LogP contribution in [0.3, 0.4) is 0 Å². The quantitative estimate of drug-likeness (QED) is 0.224. The highest BCUT2D eigenvalue weighted by atomic mass is 35.5. The summed E-state index contributed by atoms with van der Waals surface area (Å²) >= 11 is 6.35. The number of hydrogen-bond acceptors (Lipinski definition) is 12. The molecule has 2 aromatic carbocycles. The summed E-state index contributed by atoms with van der Waals surface area (Å²) in [6.45, 7) is 7.17. The number of methoxy groups -OCH3 is 2. The summed E-state index contributed by atoms with van der Waals surface area (Å²) in [5.41, 5.74) is 6.20. The number of primary amides is 1. The summed E-state index contributed by atoms with van der Waals surface area (Å²) in [6, 6.07) is 8.03. The fourth-order valence-electron chi connectivity index (χ4n) is 4.43. The molecule has 1 aliphatic heterocycles. The fourth-order valence-corrected chi connectivity index (χ4v) is 4.57. The van der Waals surface area contributed by atoms with E-state index in [9.17, 15) is 14.9 Å². The zero-order valence-corrected chi connectivity index (χ0v) is 23.8. The number of rotatable bonds is 10. The number of amides is 1. The Labute approximate surface area is 241 Å². The molecule has 4 N–H and O–H groups in total. The van der Waals surface area contributed by atoms with E-state index < -0.39 is 11.0 Å². The van der Waals surface area contributed by atoms with E-state index in [4.69, 9.17) is 31.5 Å². The number of ether oxygens (including phenoxy) is 3. The van der Waals surface area contributed by atoms with E-state index in [1.807, 2.05) is 4.90 Å². The van der Waals surface area contributed by atoms with Gasteiger partial charge >= 0.3 is 6.09 Å². The normalized spacial score (nSPS) is 13.6. The van der Waals surface area contributed by atoms with Gasteiger partial charge in [-0.25, -0.2) is 9.78 Å². The first-order chi connectivity index (χ1) is 19.6. The van der Waals surface area contributed by atoms with Crippen molar-refractivity contribution < 1.29 is 23.9 Å². The van der Waals surface area contributed by atoms with Crippen LogP contribution in [0.5, 0.6) is 17.2 Å². The van der Waals surface area contributed by atoms with Gasteiger partial charge in [0.05, 0.1) is 36.7 Å². The molecule has 218 valence electrons. The number of hydrogen-bond donors (Lipinski definition) is 3. The van der Waals surface area contributed by atoms with E-state index >= 15 is 0 Å². The number of carbonyl (C=O) groups excluding carboxylic acids is 1. The van der Waals surface area contributed by atoms with Crippen molar-refractivity contribution in [3.63, 3.8) is 0 Å². The van der Waals surface area contributed by atoms with Gasteiger partial charge in [0.25, 0.3) is 5.69 Å². The maximum Gasteiger partial charge on any atom is 0.409 e. The Morgan fingerprint density at radius 2 is 1.76 bits per heavy atom. The highest BCUT2D eigenvalue weighted by molar-refractivity contribution is 6.33. The molecule has 0 unspecified atom stereocenters. The number of nitrogens with zero attached hydrogens (tertiary/aromatic N) is 5. The van der Waals surface area contributed by atoms with Crippen LogP contribution in [0.4, 0.5) is 39.3 Å². The molecule has 1 aliphatic rings. The van der Waals surface area contributed by atoms with E-state index in [1.165, 1.54) is 38.6 Å². The number of carbonyl (C=O) groups is 1. The molecule has 1 saturated heterocycles. The van der Waals surface area contributed by atoms with Gasteiger partial charge in [-0.2, -0.15) is 4.98 Å². The molecule has 0 atom stereocenters. The number of benzene rings is 2. The monoisotopic (exact) mass is 586 g/mol. The van der Waals surface area contributed by atoms with E-state index in [1.54, 1.807) is 12.1 Å². The highest BCUT2D eigenvalue weighted by Gasteiger charge is 2.27. The first kappa shape index (κ1) is 29.4. The van der Waals surface area contributed by atoms with Crippen LogP contribution in [0, 0.1) is 10.1 Å². The zero-order valence-electron chi connectivity index (χ0n) is 23.0. The second kappa shape index (κ2) is 12.7. The summed E-state index contributed by atoms with van der Waals surface area (Å²) in [6.07, 6.45) is 0.387. The minimum Gasteiger partial charge on any atom is -0.495 e. The summed E-state index contributed by atoms with van der Waals surface area (Å²) in [7, 11) is 2.95. The lowest BCUT2D eigenvalue weighted by molar-refractivity contribution is -0.384. The summed E-state index contributed by atoms with van der Waals surface area (Å²) in [4.78, 5) is 35.8. The number of piperazine rings is 1. The SMILES string of the molecule is COc1cc(N2CCN(C(C)C)CC2)c([N+](=O)[O-])cc1Nc1ncc(Cl)c(Nc2cc(OC(N)=O)ccc2OC)n1. The summed E-state index contributed by atoms with van der Waals surface area (Å²) in [5, 5.41) is 18.3. The number of anilines is 5. The van der Waals surface area contributed by atoms with E-state index in [-0.39, 0.29) is 28.2 Å². The highest BCUT2D eigenvalue weighted by Crippen LogP contribution is 2.40. The predicted octanol–water partition coefficient (Wildman–Crippen LogP) is 4.53. The molecule has 0 bridgehead atoms. The van der Waals surface area contributed by atoms with Gasteiger partial charge in [-0.3, -0.25) is 15.0 Å². The Kier molecular flexibility index (Phi) is 9.14. The first-order valence-corrected chi connectivity index (χ1v) is 13.0. The Morgan fingerprint density at radius 1 is 1.07 bits per heavy atom. The van der Waals surface area contributed by atoms with Crippen molar-refractivity contribution in [2.45, 2.75) is 19.9 Å². The molecule has 14 nitrogen and oxygen atoms in total. The van der Waals surface area contributed by atoms with Gasteiger partial charge in [-0.05, 0) is 26.0 Å². The number of nitro benzene ring substituents is 1. The van der Waals surface area contributed by atoms with Crippen LogP contribution in [0.2, 0.25) is 5.02 Å². The van der Waals surface area contributed by atoms with E-state index in [0.29, 0.717) is 47.7 Å². The van der Waals surface area contributed by atoms with Gasteiger partial charge in [-0.1, -0.05) is 11.6 Å². The van der Waals surface area contributed by atoms with Gasteiger partial charge < -0.3 is 35.5 Å². The number of nitrogens with two attached hydrogens (primary N) is 1. The van der Waals surface area contributed by atoms with Crippen molar-refractivity contribution in [1.29, 1.82) is 0 Å². The largest absolute Gasteiger partial charge is 0.495 e. The molecule has 2 heterocycles. The molecule has 0 aliphatic carbocycles. The standard InChI is InChI=1S/C26H31ClN8O6/c1-15(2)33-7-9-34(10-8-33)20-13-23(40-4)19(12-21(20)35(37)38)31-26-29-14-17(27)24(32-26)30-18-11-16(41-25(28)36)5-6-22(18)39-3/h5-6,11-15H,7-10H2,1-4H3,(H2,28,36)(H2,29,30,31,32). The summed E-state index contributed by atoms with van der Waals surface area (Å²) < 4.78 is 15.9. The van der Waals surface area contributed by atoms with Crippen molar-refractivity contribution in [2.75, 3.05) is 55.9 Å². The van der Waals surface area contributed by atoms with Crippen molar-refractivity contribution in [1.82, 2.24) is 14.9 Å². The fraction of sp³-hybridized carbons (Fsp3) is 0.346. The third-order valence-corrected chi connectivity index (χ3v) is 6.79. The van der Waals surface area contributed by atoms with E-state index in [2.05, 4.69) is 39.3 Å². The van der Waals surface area contributed by atoms with E-state index in [0.717, 1.165) is 13.1 Å². The minimum atomic E-state index is -0.973. The summed E-state index contributed by atoms with van der Waals surface area (Å²) in [5.74, 6) is 1.24. The molecule has 41 heavy (non-hydrogen) atoms. The van der Waals surface area contributed by atoms with Crippen LogP contribution >= 0.6 is 11.6 Å². The maximum absolute atomic E-state index is 12.1. The molecule has 0 radical (unpaired) electrons. The van der Waals surface area contributed by atoms with Crippen molar-refractivity contribution in [3.05, 3.63) is 51.7 Å². The molecule has 15 heteroatoms. The van der Waals surface area contributed by atoms with Gasteiger partial charge in [-0.15, -0.1) is 0 Å². The number of aromatic nitrogens is 2. The Balaban J connectivity index is 1.62. The van der Waals surface area contributed by atoms with Crippen LogP contribution in [0.15, 0.2) is 36.5 Å². The van der Waals surface area contributed by atoms with Crippen molar-refractivity contribution in [3.8, 4) is 17.2 Å². The van der Waals surface area contributed by atoms with Crippen LogP contribution in [-0.4, -0.2) is 72.3 Å². The average molecular weight is 587 g/mol. The smallest absolute Gasteiger partial charge is 0.409 e. The zero-order chi connectivity index (χ0) is 29.7. The lowest BCUT2D eigenvalue weighted by Gasteiger charge is -2.38. The van der Waals surface area contributed by atoms with Crippen molar-refractivity contribution >= 4 is 52.2 Å². The molecule has 4 rings (SSSR count).